The average Bonchev–Trinajstić information content (AvgIpc) is 2.91. The molecule has 5 amide bonds. The zero-order valence-electron chi connectivity index (χ0n) is 23.5. The molecule has 1 fully saturated rings. The van der Waals surface area contributed by atoms with Gasteiger partial charge in [0.05, 0.1) is 25.6 Å². The van der Waals surface area contributed by atoms with Crippen LogP contribution in [0, 0.1) is 5.92 Å². The second-order valence-corrected chi connectivity index (χ2v) is 11.1. The van der Waals surface area contributed by atoms with E-state index in [4.69, 9.17) is 4.74 Å². The normalized spacial score (nSPS) is 21.3. The Bertz CT molecular complexity index is 965. The van der Waals surface area contributed by atoms with Crippen LogP contribution >= 0.6 is 0 Å². The molecule has 0 radical (unpaired) electrons. The van der Waals surface area contributed by atoms with Gasteiger partial charge in [0.1, 0.15) is 11.9 Å². The third-order valence-electron chi connectivity index (χ3n) is 7.33. The first kappa shape index (κ1) is 29.5. The van der Waals surface area contributed by atoms with E-state index in [0.29, 0.717) is 30.1 Å². The molecule has 1 aliphatic carbocycles. The van der Waals surface area contributed by atoms with Crippen LogP contribution in [0.2, 0.25) is 0 Å². The number of hydrogen-bond donors (Lipinski definition) is 4. The SMILES string of the molecule is CC(C)NC(=O)Nc1ccc2c(c1)CC(=O)N([C@H](C)CO)C[C@H](C)[C@@H](CN(C)C(=O)NC1CCCCC1)O2. The number of rotatable bonds is 7. The molecule has 0 saturated heterocycles. The van der Waals surface area contributed by atoms with Crippen LogP contribution in [-0.4, -0.2) is 83.8 Å². The number of fused-ring (bicyclic) bond motifs is 1. The molecule has 1 saturated carbocycles. The van der Waals surface area contributed by atoms with E-state index in [9.17, 15) is 19.5 Å². The van der Waals surface area contributed by atoms with Crippen LogP contribution in [0.15, 0.2) is 18.2 Å². The van der Waals surface area contributed by atoms with Crippen LogP contribution in [0.4, 0.5) is 15.3 Å². The number of aliphatic hydroxyl groups is 1. The van der Waals surface area contributed by atoms with Gasteiger partial charge >= 0.3 is 12.1 Å². The summed E-state index contributed by atoms with van der Waals surface area (Å²) in [6, 6.07) is 4.63. The van der Waals surface area contributed by atoms with E-state index in [-0.39, 0.29) is 55.0 Å². The predicted molar refractivity (Wildman–Crippen MR) is 147 cm³/mol. The Morgan fingerprint density at radius 1 is 1.18 bits per heavy atom. The van der Waals surface area contributed by atoms with E-state index in [1.807, 2.05) is 27.7 Å². The van der Waals surface area contributed by atoms with Gasteiger partial charge in [0, 0.05) is 42.8 Å². The van der Waals surface area contributed by atoms with Crippen molar-refractivity contribution in [2.45, 2.75) is 90.4 Å². The van der Waals surface area contributed by atoms with Gasteiger partial charge in [-0.1, -0.05) is 26.2 Å². The van der Waals surface area contributed by atoms with Gasteiger partial charge in [0.25, 0.3) is 0 Å². The van der Waals surface area contributed by atoms with E-state index in [2.05, 4.69) is 16.0 Å². The molecular weight excluding hydrogens is 486 g/mol. The van der Waals surface area contributed by atoms with Gasteiger partial charge in [-0.2, -0.15) is 0 Å². The van der Waals surface area contributed by atoms with Crippen molar-refractivity contribution in [2.75, 3.05) is 32.1 Å². The van der Waals surface area contributed by atoms with Crippen LogP contribution in [0.25, 0.3) is 0 Å². The zero-order valence-corrected chi connectivity index (χ0v) is 23.5. The predicted octanol–water partition coefficient (Wildman–Crippen LogP) is 3.34. The number of carbonyl (C=O) groups excluding carboxylic acids is 3. The molecule has 4 N–H and O–H groups in total. The lowest BCUT2D eigenvalue weighted by Gasteiger charge is -2.34. The Morgan fingerprint density at radius 3 is 2.55 bits per heavy atom. The number of aliphatic hydroxyl groups excluding tert-OH is 1. The molecule has 10 nitrogen and oxygen atoms in total. The molecule has 2 aliphatic rings. The maximum atomic E-state index is 13.4. The number of ether oxygens (including phenoxy) is 1. The number of anilines is 1. The minimum atomic E-state index is -0.391. The molecule has 38 heavy (non-hydrogen) atoms. The molecule has 10 heteroatoms. The third kappa shape index (κ3) is 8.24. The van der Waals surface area contributed by atoms with Crippen molar-refractivity contribution < 1.29 is 24.2 Å². The number of urea groups is 2. The third-order valence-corrected chi connectivity index (χ3v) is 7.33. The van der Waals surface area contributed by atoms with Crippen molar-refractivity contribution in [3.63, 3.8) is 0 Å². The maximum Gasteiger partial charge on any atom is 0.319 e. The van der Waals surface area contributed by atoms with E-state index in [1.165, 1.54) is 6.42 Å². The van der Waals surface area contributed by atoms with Crippen molar-refractivity contribution in [1.29, 1.82) is 0 Å². The molecule has 0 unspecified atom stereocenters. The minimum absolute atomic E-state index is 0.0177. The fraction of sp³-hybridized carbons (Fsp3) is 0.679. The Morgan fingerprint density at radius 2 is 1.89 bits per heavy atom. The Hall–Kier alpha value is -3.01. The number of hydrogen-bond acceptors (Lipinski definition) is 5. The van der Waals surface area contributed by atoms with Crippen LogP contribution in [0.3, 0.4) is 0 Å². The fourth-order valence-corrected chi connectivity index (χ4v) is 5.04. The Balaban J connectivity index is 1.83. The van der Waals surface area contributed by atoms with Gasteiger partial charge in [-0.05, 0) is 51.8 Å². The van der Waals surface area contributed by atoms with Crippen molar-refractivity contribution in [3.8, 4) is 5.75 Å². The number of likely N-dealkylation sites (N-methyl/N-ethyl adjacent to an activating group) is 1. The summed E-state index contributed by atoms with van der Waals surface area (Å²) in [6.07, 6.45) is 5.18. The van der Waals surface area contributed by atoms with Gasteiger partial charge < -0.3 is 35.6 Å². The standard InChI is InChI=1S/C28H45N5O5/c1-18(2)29-27(36)30-23-11-12-24-21(13-23)14-26(35)33(20(4)17-34)15-19(3)25(38-24)16-32(5)28(37)31-22-9-7-6-8-10-22/h11-13,18-20,22,25,34H,6-10,14-17H2,1-5H3,(H,31,37)(H2,29,30,36)/t19-,20+,25+/m0/s1. The lowest BCUT2D eigenvalue weighted by atomic mass is 9.96. The van der Waals surface area contributed by atoms with E-state index in [1.54, 1.807) is 35.0 Å². The number of benzene rings is 1. The topological polar surface area (TPSA) is 123 Å². The molecule has 0 bridgehead atoms. The van der Waals surface area contributed by atoms with Gasteiger partial charge in [-0.25, -0.2) is 9.59 Å². The summed E-state index contributed by atoms with van der Waals surface area (Å²) in [5.74, 6) is 0.305. The molecule has 3 rings (SSSR count). The average molecular weight is 532 g/mol. The molecule has 1 aliphatic heterocycles. The van der Waals surface area contributed by atoms with Gasteiger partial charge in [-0.3, -0.25) is 4.79 Å². The fourth-order valence-electron chi connectivity index (χ4n) is 5.04. The highest BCUT2D eigenvalue weighted by molar-refractivity contribution is 5.90. The molecule has 212 valence electrons. The smallest absolute Gasteiger partial charge is 0.319 e. The van der Waals surface area contributed by atoms with Gasteiger partial charge in [0.15, 0.2) is 0 Å². The first-order valence-electron chi connectivity index (χ1n) is 13.9. The summed E-state index contributed by atoms with van der Waals surface area (Å²) < 4.78 is 6.48. The van der Waals surface area contributed by atoms with Crippen molar-refractivity contribution >= 4 is 23.7 Å². The van der Waals surface area contributed by atoms with E-state index >= 15 is 0 Å². The van der Waals surface area contributed by atoms with E-state index < -0.39 is 6.10 Å². The van der Waals surface area contributed by atoms with Crippen LogP contribution in [-0.2, 0) is 11.2 Å². The highest BCUT2D eigenvalue weighted by Crippen LogP contribution is 2.29. The van der Waals surface area contributed by atoms with Gasteiger partial charge in [0.2, 0.25) is 5.91 Å². The molecule has 1 aromatic rings. The second kappa shape index (κ2) is 13.7. The van der Waals surface area contributed by atoms with Crippen molar-refractivity contribution in [2.24, 2.45) is 5.92 Å². The summed E-state index contributed by atoms with van der Waals surface area (Å²) in [4.78, 5) is 41.9. The molecule has 3 atom stereocenters. The lowest BCUT2D eigenvalue weighted by molar-refractivity contribution is -0.134. The minimum Gasteiger partial charge on any atom is -0.488 e. The Kier molecular flexibility index (Phi) is 10.6. The first-order valence-corrected chi connectivity index (χ1v) is 13.9. The van der Waals surface area contributed by atoms with Crippen LogP contribution < -0.4 is 20.7 Å². The first-order chi connectivity index (χ1) is 18.1. The second-order valence-electron chi connectivity index (χ2n) is 11.1. The molecular formula is C28H45N5O5. The largest absolute Gasteiger partial charge is 0.488 e. The summed E-state index contributed by atoms with van der Waals surface area (Å²) in [7, 11) is 1.77. The quantitative estimate of drug-likeness (QED) is 0.430. The molecule has 1 heterocycles. The number of amides is 5. The van der Waals surface area contributed by atoms with Crippen LogP contribution in [0.5, 0.6) is 5.75 Å². The highest BCUT2D eigenvalue weighted by atomic mass is 16.5. The van der Waals surface area contributed by atoms with Crippen molar-refractivity contribution in [1.82, 2.24) is 20.4 Å². The number of nitrogens with zero attached hydrogens (tertiary/aromatic N) is 2. The molecule has 0 spiro atoms. The number of carbonyl (C=O) groups is 3. The lowest BCUT2D eigenvalue weighted by Crippen LogP contribution is -2.50. The Labute approximate surface area is 226 Å². The highest BCUT2D eigenvalue weighted by Gasteiger charge is 2.32. The molecule has 1 aromatic carbocycles. The summed E-state index contributed by atoms with van der Waals surface area (Å²) in [6.45, 7) is 8.14. The maximum absolute atomic E-state index is 13.4. The van der Waals surface area contributed by atoms with E-state index in [0.717, 1.165) is 25.7 Å². The monoisotopic (exact) mass is 531 g/mol. The zero-order chi connectivity index (χ0) is 27.8. The summed E-state index contributed by atoms with van der Waals surface area (Å²) >= 11 is 0. The van der Waals surface area contributed by atoms with Crippen molar-refractivity contribution in [3.05, 3.63) is 23.8 Å². The van der Waals surface area contributed by atoms with Crippen LogP contribution in [0.1, 0.15) is 65.4 Å². The number of nitrogens with one attached hydrogen (secondary N) is 3. The summed E-state index contributed by atoms with van der Waals surface area (Å²) in [5.41, 5.74) is 1.19. The summed E-state index contributed by atoms with van der Waals surface area (Å²) in [5, 5.41) is 18.6. The van der Waals surface area contributed by atoms with Gasteiger partial charge in [-0.15, -0.1) is 0 Å². The molecule has 0 aromatic heterocycles.